The number of rotatable bonds is 3. The topological polar surface area (TPSA) is 98.8 Å². The van der Waals surface area contributed by atoms with E-state index in [-0.39, 0.29) is 11.9 Å². The fourth-order valence-corrected chi connectivity index (χ4v) is 3.78. The van der Waals surface area contributed by atoms with Gasteiger partial charge in [0.2, 0.25) is 0 Å². The summed E-state index contributed by atoms with van der Waals surface area (Å²) in [7, 11) is 0. The van der Waals surface area contributed by atoms with E-state index in [0.29, 0.717) is 12.2 Å². The Balaban J connectivity index is 1.36. The van der Waals surface area contributed by atoms with Gasteiger partial charge in [-0.3, -0.25) is 9.89 Å². The van der Waals surface area contributed by atoms with E-state index in [1.807, 2.05) is 19.9 Å². The van der Waals surface area contributed by atoms with Crippen LogP contribution in [0.1, 0.15) is 46.1 Å². The van der Waals surface area contributed by atoms with Crippen molar-refractivity contribution in [1.29, 1.82) is 0 Å². The highest BCUT2D eigenvalue weighted by Crippen LogP contribution is 2.20. The summed E-state index contributed by atoms with van der Waals surface area (Å²) in [6, 6.07) is 2.20. The second-order valence-corrected chi connectivity index (χ2v) is 7.11. The van der Waals surface area contributed by atoms with Crippen LogP contribution < -0.4 is 15.5 Å². The Morgan fingerprint density at radius 1 is 1.27 bits per heavy atom. The van der Waals surface area contributed by atoms with E-state index in [1.165, 1.54) is 0 Å². The molecule has 138 valence electrons. The highest BCUT2D eigenvalue weighted by molar-refractivity contribution is 5.94. The molecular formula is C18H25N7O. The number of nitrogens with zero attached hydrogens (tertiary/aromatic N) is 4. The van der Waals surface area contributed by atoms with Crippen molar-refractivity contribution < 1.29 is 4.79 Å². The lowest BCUT2D eigenvalue weighted by Gasteiger charge is -2.33. The van der Waals surface area contributed by atoms with Crippen LogP contribution >= 0.6 is 0 Å². The van der Waals surface area contributed by atoms with Crippen LogP contribution in [-0.2, 0) is 13.0 Å². The minimum Gasteiger partial charge on any atom is -0.356 e. The first-order chi connectivity index (χ1) is 12.6. The van der Waals surface area contributed by atoms with Crippen LogP contribution in [0, 0.1) is 13.8 Å². The Hall–Kier alpha value is -2.48. The Kier molecular flexibility index (Phi) is 4.58. The van der Waals surface area contributed by atoms with Gasteiger partial charge >= 0.3 is 0 Å². The molecule has 4 heterocycles. The van der Waals surface area contributed by atoms with Gasteiger partial charge in [0.25, 0.3) is 5.91 Å². The zero-order valence-corrected chi connectivity index (χ0v) is 15.3. The fraction of sp³-hybridized carbons (Fsp3) is 0.556. The molecule has 0 saturated carbocycles. The minimum atomic E-state index is -0.0709. The smallest absolute Gasteiger partial charge is 0.272 e. The van der Waals surface area contributed by atoms with Gasteiger partial charge in [-0.15, -0.1) is 0 Å². The van der Waals surface area contributed by atoms with Gasteiger partial charge in [0.1, 0.15) is 11.6 Å². The van der Waals surface area contributed by atoms with Gasteiger partial charge < -0.3 is 15.5 Å². The number of anilines is 1. The summed E-state index contributed by atoms with van der Waals surface area (Å²) in [5.41, 5.74) is 3.62. The Bertz CT molecular complexity index is 788. The van der Waals surface area contributed by atoms with Crippen LogP contribution in [0.5, 0.6) is 0 Å². The molecular weight excluding hydrogens is 330 g/mol. The first kappa shape index (κ1) is 17.0. The molecule has 3 N–H and O–H groups in total. The molecule has 2 aromatic rings. The van der Waals surface area contributed by atoms with Crippen molar-refractivity contribution in [1.82, 2.24) is 30.8 Å². The molecule has 4 rings (SSSR count). The molecule has 8 heteroatoms. The fourth-order valence-electron chi connectivity index (χ4n) is 3.78. The first-order valence-electron chi connectivity index (χ1n) is 9.25. The summed E-state index contributed by atoms with van der Waals surface area (Å²) in [4.78, 5) is 23.8. The molecule has 1 amide bonds. The quantitative estimate of drug-likeness (QED) is 0.755. The van der Waals surface area contributed by atoms with Gasteiger partial charge in [0.15, 0.2) is 5.69 Å². The number of amides is 1. The number of carbonyl (C=O) groups excluding carboxylic acids is 1. The Labute approximate surface area is 152 Å². The van der Waals surface area contributed by atoms with Crippen LogP contribution in [0.4, 0.5) is 5.82 Å². The molecule has 8 nitrogen and oxygen atoms in total. The number of aromatic nitrogens is 4. The third-order valence-electron chi connectivity index (χ3n) is 5.13. The maximum atomic E-state index is 12.6. The molecule has 0 unspecified atom stereocenters. The summed E-state index contributed by atoms with van der Waals surface area (Å²) in [5, 5.41) is 13.7. The monoisotopic (exact) mass is 355 g/mol. The summed E-state index contributed by atoms with van der Waals surface area (Å²) in [6.07, 6.45) is 2.70. The lowest BCUT2D eigenvalue weighted by atomic mass is 10.0. The van der Waals surface area contributed by atoms with Crippen molar-refractivity contribution in [2.45, 2.75) is 45.7 Å². The van der Waals surface area contributed by atoms with Crippen molar-refractivity contribution >= 4 is 11.7 Å². The van der Waals surface area contributed by atoms with Gasteiger partial charge in [0, 0.05) is 61.7 Å². The van der Waals surface area contributed by atoms with E-state index in [1.54, 1.807) is 0 Å². The van der Waals surface area contributed by atoms with Crippen molar-refractivity contribution in [2.24, 2.45) is 0 Å². The highest BCUT2D eigenvalue weighted by atomic mass is 16.2. The van der Waals surface area contributed by atoms with Gasteiger partial charge in [-0.05, 0) is 26.7 Å². The third-order valence-corrected chi connectivity index (χ3v) is 5.13. The molecule has 0 aliphatic carbocycles. The average Bonchev–Trinajstić information content (AvgIpc) is 3.06. The van der Waals surface area contributed by atoms with Crippen LogP contribution in [-0.4, -0.2) is 51.7 Å². The van der Waals surface area contributed by atoms with Crippen LogP contribution in [0.2, 0.25) is 0 Å². The lowest BCUT2D eigenvalue weighted by molar-refractivity contribution is 0.0925. The van der Waals surface area contributed by atoms with Crippen molar-refractivity contribution in [3.05, 3.63) is 34.5 Å². The lowest BCUT2D eigenvalue weighted by Crippen LogP contribution is -2.45. The maximum absolute atomic E-state index is 12.6. The first-order valence-corrected chi connectivity index (χ1v) is 9.25. The molecule has 2 aromatic heterocycles. The number of nitrogens with one attached hydrogen (secondary N) is 3. The van der Waals surface area contributed by atoms with E-state index < -0.39 is 0 Å². The number of hydrogen-bond acceptors (Lipinski definition) is 6. The van der Waals surface area contributed by atoms with E-state index in [0.717, 1.165) is 67.5 Å². The molecule has 26 heavy (non-hydrogen) atoms. The average molecular weight is 355 g/mol. The summed E-state index contributed by atoms with van der Waals surface area (Å²) >= 11 is 0. The number of H-pyrrole nitrogens is 1. The van der Waals surface area contributed by atoms with Crippen molar-refractivity contribution in [3.63, 3.8) is 0 Å². The van der Waals surface area contributed by atoms with Crippen molar-refractivity contribution in [3.8, 4) is 0 Å². The predicted molar refractivity (Wildman–Crippen MR) is 98.2 cm³/mol. The van der Waals surface area contributed by atoms with E-state index >= 15 is 0 Å². The van der Waals surface area contributed by atoms with Gasteiger partial charge in [-0.2, -0.15) is 5.10 Å². The summed E-state index contributed by atoms with van der Waals surface area (Å²) in [6.45, 7) is 7.30. The zero-order valence-electron chi connectivity index (χ0n) is 15.3. The predicted octanol–water partition coefficient (Wildman–Crippen LogP) is 0.861. The second-order valence-electron chi connectivity index (χ2n) is 7.11. The van der Waals surface area contributed by atoms with Crippen LogP contribution in [0.3, 0.4) is 0 Å². The molecule has 1 saturated heterocycles. The van der Waals surface area contributed by atoms with Crippen LogP contribution in [0.25, 0.3) is 0 Å². The number of aryl methyl sites for hydroxylation is 2. The summed E-state index contributed by atoms with van der Waals surface area (Å²) in [5.74, 6) is 1.71. The minimum absolute atomic E-state index is 0.0709. The molecule has 0 atom stereocenters. The van der Waals surface area contributed by atoms with Crippen LogP contribution in [0.15, 0.2) is 6.07 Å². The number of carbonyl (C=O) groups is 1. The van der Waals surface area contributed by atoms with E-state index in [2.05, 4.69) is 35.7 Å². The molecule has 0 bridgehead atoms. The summed E-state index contributed by atoms with van der Waals surface area (Å²) < 4.78 is 0. The highest BCUT2D eigenvalue weighted by Gasteiger charge is 2.26. The molecule has 2 aliphatic heterocycles. The largest absolute Gasteiger partial charge is 0.356 e. The number of piperidine rings is 1. The maximum Gasteiger partial charge on any atom is 0.272 e. The Morgan fingerprint density at radius 3 is 2.85 bits per heavy atom. The molecule has 0 radical (unpaired) electrons. The van der Waals surface area contributed by atoms with Crippen molar-refractivity contribution in [2.75, 3.05) is 24.5 Å². The normalized spacial score (nSPS) is 17.8. The number of aromatic amines is 1. The van der Waals surface area contributed by atoms with E-state index in [4.69, 9.17) is 0 Å². The molecule has 2 aliphatic rings. The van der Waals surface area contributed by atoms with Gasteiger partial charge in [0.05, 0.1) is 0 Å². The molecule has 0 aromatic carbocycles. The zero-order chi connectivity index (χ0) is 18.1. The standard InChI is InChI=1S/C18H25N7O/c1-11-9-16(21-12(2)20-11)25-7-4-13(5-8-25)22-18(26)17-14-10-19-6-3-15(14)23-24-17/h9,13,19H,3-8,10H2,1-2H3,(H,22,26)(H,23,24). The SMILES string of the molecule is Cc1cc(N2CCC(NC(=O)c3n[nH]c4c3CNCC4)CC2)nc(C)n1. The number of fused-ring (bicyclic) bond motifs is 1. The Morgan fingerprint density at radius 2 is 2.08 bits per heavy atom. The second kappa shape index (κ2) is 7.03. The number of hydrogen-bond donors (Lipinski definition) is 3. The molecule has 1 fully saturated rings. The van der Waals surface area contributed by atoms with Gasteiger partial charge in [-0.25, -0.2) is 9.97 Å². The van der Waals surface area contributed by atoms with E-state index in [9.17, 15) is 4.79 Å². The third kappa shape index (κ3) is 3.41. The molecule has 0 spiro atoms. The van der Waals surface area contributed by atoms with Gasteiger partial charge in [-0.1, -0.05) is 0 Å².